The van der Waals surface area contributed by atoms with Crippen molar-refractivity contribution in [2.24, 2.45) is 0 Å². The van der Waals surface area contributed by atoms with Gasteiger partial charge in [0.05, 0.1) is 5.25 Å². The summed E-state index contributed by atoms with van der Waals surface area (Å²) in [5.41, 5.74) is 0. The lowest BCUT2D eigenvalue weighted by molar-refractivity contribution is -0.107. The van der Waals surface area contributed by atoms with Crippen LogP contribution in [0.25, 0.3) is 0 Å². The van der Waals surface area contributed by atoms with E-state index in [-0.39, 0.29) is 5.25 Å². The Balaban J connectivity index is 3.21. The van der Waals surface area contributed by atoms with Crippen molar-refractivity contribution in [2.75, 3.05) is 6.26 Å². The summed E-state index contributed by atoms with van der Waals surface area (Å²) in [7, 11) is 0. The van der Waals surface area contributed by atoms with Gasteiger partial charge in [0.1, 0.15) is 6.29 Å². The summed E-state index contributed by atoms with van der Waals surface area (Å²) in [6.07, 6.45) is 5.11. The second-order valence-corrected chi connectivity index (χ2v) is 2.78. The molecule has 8 heavy (non-hydrogen) atoms. The molecule has 48 valence electrons. The molecule has 0 saturated heterocycles. The highest BCUT2D eigenvalue weighted by molar-refractivity contribution is 7.99. The maximum Gasteiger partial charge on any atom is 0.132 e. The first-order valence-electron chi connectivity index (χ1n) is 2.83. The first-order valence-corrected chi connectivity index (χ1v) is 4.12. The van der Waals surface area contributed by atoms with E-state index in [9.17, 15) is 4.79 Å². The predicted molar refractivity (Wildman–Crippen MR) is 38.3 cm³/mol. The first kappa shape index (κ1) is 8.02. The Bertz CT molecular complexity index is 63.5. The van der Waals surface area contributed by atoms with Crippen LogP contribution < -0.4 is 0 Å². The van der Waals surface area contributed by atoms with E-state index in [1.807, 2.05) is 6.26 Å². The van der Waals surface area contributed by atoms with Crippen molar-refractivity contribution in [3.05, 3.63) is 0 Å². The second kappa shape index (κ2) is 5.16. The summed E-state index contributed by atoms with van der Waals surface area (Å²) in [6, 6.07) is 0. The monoisotopic (exact) mass is 132 g/mol. The van der Waals surface area contributed by atoms with Crippen LogP contribution in [-0.2, 0) is 4.79 Å². The fourth-order valence-electron chi connectivity index (χ4n) is 0.526. The van der Waals surface area contributed by atoms with Gasteiger partial charge in [-0.15, -0.1) is 0 Å². The van der Waals surface area contributed by atoms with Gasteiger partial charge in [-0.1, -0.05) is 13.3 Å². The standard InChI is InChI=1S/C6H12OS/c1-3-4-6(5-7)8-2/h5-6H,3-4H2,1-2H3/t6-/m1/s1. The van der Waals surface area contributed by atoms with Crippen molar-refractivity contribution < 1.29 is 4.79 Å². The van der Waals surface area contributed by atoms with Crippen LogP contribution in [-0.4, -0.2) is 17.8 Å². The van der Waals surface area contributed by atoms with Crippen LogP contribution in [0.1, 0.15) is 19.8 Å². The highest BCUT2D eigenvalue weighted by atomic mass is 32.2. The quantitative estimate of drug-likeness (QED) is 0.542. The van der Waals surface area contributed by atoms with Crippen LogP contribution in [0.4, 0.5) is 0 Å². The molecule has 0 spiro atoms. The molecule has 0 saturated carbocycles. The van der Waals surface area contributed by atoms with Gasteiger partial charge in [0, 0.05) is 0 Å². The van der Waals surface area contributed by atoms with E-state index in [4.69, 9.17) is 0 Å². The van der Waals surface area contributed by atoms with Crippen molar-refractivity contribution in [3.8, 4) is 0 Å². The molecule has 0 bridgehead atoms. The van der Waals surface area contributed by atoms with Gasteiger partial charge >= 0.3 is 0 Å². The number of carbonyl (C=O) groups is 1. The molecule has 0 aromatic carbocycles. The molecule has 0 aliphatic rings. The van der Waals surface area contributed by atoms with Gasteiger partial charge in [0.15, 0.2) is 0 Å². The van der Waals surface area contributed by atoms with E-state index in [0.29, 0.717) is 0 Å². The molecule has 0 N–H and O–H groups in total. The van der Waals surface area contributed by atoms with Crippen LogP contribution >= 0.6 is 11.8 Å². The Hall–Kier alpha value is 0.0200. The Morgan fingerprint density at radius 2 is 2.38 bits per heavy atom. The van der Waals surface area contributed by atoms with Crippen LogP contribution in [0.2, 0.25) is 0 Å². The molecular weight excluding hydrogens is 120 g/mol. The third-order valence-corrected chi connectivity index (χ3v) is 1.98. The number of hydrogen-bond donors (Lipinski definition) is 0. The molecule has 0 fully saturated rings. The molecule has 0 aliphatic heterocycles. The molecule has 0 radical (unpaired) electrons. The van der Waals surface area contributed by atoms with Crippen molar-refractivity contribution in [3.63, 3.8) is 0 Å². The van der Waals surface area contributed by atoms with Gasteiger partial charge in [0.2, 0.25) is 0 Å². The Morgan fingerprint density at radius 3 is 2.50 bits per heavy atom. The third-order valence-electron chi connectivity index (χ3n) is 1.03. The van der Waals surface area contributed by atoms with Crippen LogP contribution in [0.15, 0.2) is 0 Å². The average molecular weight is 132 g/mol. The number of carbonyl (C=O) groups excluding carboxylic acids is 1. The largest absolute Gasteiger partial charge is 0.302 e. The Morgan fingerprint density at radius 1 is 1.75 bits per heavy atom. The zero-order chi connectivity index (χ0) is 6.41. The fraction of sp³-hybridized carbons (Fsp3) is 0.833. The second-order valence-electron chi connectivity index (χ2n) is 1.70. The van der Waals surface area contributed by atoms with E-state index in [1.165, 1.54) is 0 Å². The minimum Gasteiger partial charge on any atom is -0.302 e. The van der Waals surface area contributed by atoms with Crippen LogP contribution in [0.3, 0.4) is 0 Å². The van der Waals surface area contributed by atoms with E-state index < -0.39 is 0 Å². The number of thioether (sulfide) groups is 1. The molecular formula is C6H12OS. The predicted octanol–water partition coefficient (Wildman–Crippen LogP) is 1.72. The van der Waals surface area contributed by atoms with Crippen molar-refractivity contribution in [2.45, 2.75) is 25.0 Å². The molecule has 0 aliphatic carbocycles. The van der Waals surface area contributed by atoms with E-state index >= 15 is 0 Å². The summed E-state index contributed by atoms with van der Waals surface area (Å²) in [4.78, 5) is 10.1. The van der Waals surface area contributed by atoms with E-state index in [1.54, 1.807) is 11.8 Å². The van der Waals surface area contributed by atoms with E-state index in [2.05, 4.69) is 6.92 Å². The molecule has 1 atom stereocenters. The number of rotatable bonds is 4. The molecule has 1 nitrogen and oxygen atoms in total. The summed E-state index contributed by atoms with van der Waals surface area (Å²) < 4.78 is 0. The van der Waals surface area contributed by atoms with Gasteiger partial charge < -0.3 is 4.79 Å². The molecule has 0 amide bonds. The Kier molecular flexibility index (Phi) is 5.18. The molecule has 0 unspecified atom stereocenters. The summed E-state index contributed by atoms with van der Waals surface area (Å²) in [5, 5.41) is 0.236. The average Bonchev–Trinajstić information content (AvgIpc) is 1.83. The van der Waals surface area contributed by atoms with Crippen LogP contribution in [0.5, 0.6) is 0 Å². The fourth-order valence-corrected chi connectivity index (χ4v) is 1.11. The lowest BCUT2D eigenvalue weighted by atomic mass is 10.3. The van der Waals surface area contributed by atoms with Gasteiger partial charge in [-0.05, 0) is 12.7 Å². The SMILES string of the molecule is CCC[C@H](C=O)SC. The van der Waals surface area contributed by atoms with Gasteiger partial charge in [0.25, 0.3) is 0 Å². The topological polar surface area (TPSA) is 17.1 Å². The van der Waals surface area contributed by atoms with Gasteiger partial charge in [-0.3, -0.25) is 0 Å². The maximum absolute atomic E-state index is 10.1. The van der Waals surface area contributed by atoms with E-state index in [0.717, 1.165) is 19.1 Å². The summed E-state index contributed by atoms with van der Waals surface area (Å²) in [6.45, 7) is 2.09. The first-order chi connectivity index (χ1) is 3.85. The minimum atomic E-state index is 0.236. The molecule has 0 aromatic rings. The highest BCUT2D eigenvalue weighted by Crippen LogP contribution is 2.08. The maximum atomic E-state index is 10.1. The molecule has 0 rings (SSSR count). The lowest BCUT2D eigenvalue weighted by Gasteiger charge is -2.01. The lowest BCUT2D eigenvalue weighted by Crippen LogP contribution is -2.01. The van der Waals surface area contributed by atoms with Crippen molar-refractivity contribution in [1.82, 2.24) is 0 Å². The van der Waals surface area contributed by atoms with Gasteiger partial charge in [-0.25, -0.2) is 0 Å². The molecule has 0 heterocycles. The highest BCUT2D eigenvalue weighted by Gasteiger charge is 2.00. The zero-order valence-electron chi connectivity index (χ0n) is 5.39. The zero-order valence-corrected chi connectivity index (χ0v) is 6.20. The summed E-state index contributed by atoms with van der Waals surface area (Å²) in [5.74, 6) is 0. The van der Waals surface area contributed by atoms with Crippen molar-refractivity contribution in [1.29, 1.82) is 0 Å². The number of hydrogen-bond acceptors (Lipinski definition) is 2. The minimum absolute atomic E-state index is 0.236. The normalized spacial score (nSPS) is 13.2. The van der Waals surface area contributed by atoms with Gasteiger partial charge in [-0.2, -0.15) is 11.8 Å². The molecule has 0 aromatic heterocycles. The Labute approximate surface area is 54.8 Å². The summed E-state index contributed by atoms with van der Waals surface area (Å²) >= 11 is 1.63. The smallest absolute Gasteiger partial charge is 0.132 e. The van der Waals surface area contributed by atoms with Crippen LogP contribution in [0, 0.1) is 0 Å². The molecule has 2 heteroatoms. The third kappa shape index (κ3) is 3.08. The number of aldehydes is 1. The van der Waals surface area contributed by atoms with Crippen molar-refractivity contribution >= 4 is 18.0 Å².